The van der Waals surface area contributed by atoms with E-state index in [0.29, 0.717) is 11.5 Å². The molecule has 0 aromatic heterocycles. The molecule has 4 N–H and O–H groups in total. The molecule has 1 aliphatic rings. The Kier molecular flexibility index (Phi) is 6.58. The van der Waals surface area contributed by atoms with Gasteiger partial charge in [-0.25, -0.2) is 0 Å². The Morgan fingerprint density at radius 1 is 1.22 bits per heavy atom. The van der Waals surface area contributed by atoms with Gasteiger partial charge in [0.1, 0.15) is 29.2 Å². The first-order valence-corrected chi connectivity index (χ1v) is 8.86. The number of aliphatic hydroxyl groups excluding tert-OH is 2. The third-order valence-electron chi connectivity index (χ3n) is 4.54. The molecule has 1 aromatic carbocycles. The molecule has 27 heavy (non-hydrogen) atoms. The highest BCUT2D eigenvalue weighted by atomic mass is 16.3. The summed E-state index contributed by atoms with van der Waals surface area (Å²) in [5.74, 6) is -1.43. The first kappa shape index (κ1) is 20.5. The van der Waals surface area contributed by atoms with Crippen LogP contribution >= 0.6 is 0 Å². The number of hydrogen-bond acceptors (Lipinski definition) is 5. The van der Waals surface area contributed by atoms with Crippen molar-refractivity contribution in [2.75, 3.05) is 0 Å². The summed E-state index contributed by atoms with van der Waals surface area (Å²) in [7, 11) is 0. The van der Waals surface area contributed by atoms with Gasteiger partial charge in [0.2, 0.25) is 0 Å². The Balaban J connectivity index is 2.22. The summed E-state index contributed by atoms with van der Waals surface area (Å²) in [6, 6.07) is 4.49. The van der Waals surface area contributed by atoms with Crippen LogP contribution in [0.2, 0.25) is 0 Å². The van der Waals surface area contributed by atoms with Crippen LogP contribution in [0.25, 0.3) is 0 Å². The zero-order valence-corrected chi connectivity index (χ0v) is 15.6. The molecule has 1 aliphatic heterocycles. The van der Waals surface area contributed by atoms with Crippen LogP contribution in [0.15, 0.2) is 59.4 Å². The number of benzene rings is 1. The standard InChI is InChI=1S/C21H25NO5/c1-4-12(2)11-13(3)5-10-16(24)17-20(26)18(22-21(17)27)19(25)14-6-8-15(23)9-7-14/h5-12,18-19,23-25H,4H2,1-3H3,(H,22,27). The lowest BCUT2D eigenvalue weighted by Gasteiger charge is -2.16. The van der Waals surface area contributed by atoms with Crippen molar-refractivity contribution in [3.8, 4) is 5.75 Å². The number of ketones is 1. The molecule has 1 amide bonds. The highest BCUT2D eigenvalue weighted by Gasteiger charge is 2.42. The van der Waals surface area contributed by atoms with Crippen molar-refractivity contribution < 1.29 is 24.9 Å². The molecule has 3 atom stereocenters. The van der Waals surface area contributed by atoms with Crippen LogP contribution < -0.4 is 5.32 Å². The maximum Gasteiger partial charge on any atom is 0.259 e. The molecule has 2 rings (SSSR count). The van der Waals surface area contributed by atoms with Gasteiger partial charge in [0, 0.05) is 0 Å². The third kappa shape index (κ3) is 4.86. The van der Waals surface area contributed by atoms with Crippen molar-refractivity contribution in [3.05, 3.63) is 65.0 Å². The van der Waals surface area contributed by atoms with E-state index in [9.17, 15) is 24.9 Å². The molecule has 1 aromatic rings. The van der Waals surface area contributed by atoms with E-state index < -0.39 is 29.6 Å². The fourth-order valence-corrected chi connectivity index (χ4v) is 2.79. The number of amides is 1. The Hall–Kier alpha value is -2.86. The second-order valence-electron chi connectivity index (χ2n) is 6.74. The third-order valence-corrected chi connectivity index (χ3v) is 4.54. The fraction of sp³-hybridized carbons (Fsp3) is 0.333. The van der Waals surface area contributed by atoms with Crippen molar-refractivity contribution >= 4 is 11.7 Å². The smallest absolute Gasteiger partial charge is 0.259 e. The molecule has 144 valence electrons. The van der Waals surface area contributed by atoms with Crippen LogP contribution in [0.4, 0.5) is 0 Å². The molecular weight excluding hydrogens is 346 g/mol. The zero-order chi connectivity index (χ0) is 20.1. The quantitative estimate of drug-likeness (QED) is 0.266. The number of allylic oxidation sites excluding steroid dienone is 4. The van der Waals surface area contributed by atoms with E-state index in [2.05, 4.69) is 19.2 Å². The topological polar surface area (TPSA) is 107 Å². The van der Waals surface area contributed by atoms with Gasteiger partial charge in [-0.3, -0.25) is 9.59 Å². The average Bonchev–Trinajstić information content (AvgIpc) is 2.94. The van der Waals surface area contributed by atoms with E-state index >= 15 is 0 Å². The van der Waals surface area contributed by atoms with Crippen molar-refractivity contribution in [1.29, 1.82) is 0 Å². The largest absolute Gasteiger partial charge is 0.508 e. The van der Waals surface area contributed by atoms with E-state index in [0.717, 1.165) is 12.0 Å². The second-order valence-corrected chi connectivity index (χ2v) is 6.74. The van der Waals surface area contributed by atoms with Crippen LogP contribution in [0, 0.1) is 5.92 Å². The van der Waals surface area contributed by atoms with Crippen LogP contribution in [0.5, 0.6) is 5.75 Å². The maximum absolute atomic E-state index is 12.5. The summed E-state index contributed by atoms with van der Waals surface area (Å²) in [4.78, 5) is 24.7. The molecule has 6 nitrogen and oxygen atoms in total. The minimum absolute atomic E-state index is 0.0249. The Morgan fingerprint density at radius 3 is 2.44 bits per heavy atom. The number of phenols is 1. The lowest BCUT2D eigenvalue weighted by Crippen LogP contribution is -2.35. The number of aromatic hydroxyl groups is 1. The highest BCUT2D eigenvalue weighted by Crippen LogP contribution is 2.26. The molecule has 0 aliphatic carbocycles. The monoisotopic (exact) mass is 371 g/mol. The Morgan fingerprint density at radius 2 is 1.85 bits per heavy atom. The predicted molar refractivity (Wildman–Crippen MR) is 102 cm³/mol. The van der Waals surface area contributed by atoms with Crippen molar-refractivity contribution in [3.63, 3.8) is 0 Å². The Labute approximate surface area is 158 Å². The van der Waals surface area contributed by atoms with Gasteiger partial charge < -0.3 is 20.6 Å². The molecule has 1 saturated heterocycles. The van der Waals surface area contributed by atoms with Crippen LogP contribution in [-0.2, 0) is 9.59 Å². The van der Waals surface area contributed by atoms with Crippen molar-refractivity contribution in [1.82, 2.24) is 5.32 Å². The summed E-state index contributed by atoms with van der Waals surface area (Å²) in [6.07, 6.45) is 4.68. The molecule has 6 heteroatoms. The van der Waals surface area contributed by atoms with Gasteiger partial charge in [-0.2, -0.15) is 0 Å². The van der Waals surface area contributed by atoms with Gasteiger partial charge in [0.05, 0.1) is 0 Å². The molecule has 0 spiro atoms. The number of carbonyl (C=O) groups excluding carboxylic acids is 2. The van der Waals surface area contributed by atoms with Crippen molar-refractivity contribution in [2.24, 2.45) is 5.92 Å². The second kappa shape index (κ2) is 8.68. The first-order valence-electron chi connectivity index (χ1n) is 8.86. The normalized spacial score (nSPS) is 22.1. The minimum Gasteiger partial charge on any atom is -0.508 e. The molecular formula is C21H25NO5. The summed E-state index contributed by atoms with van der Waals surface area (Å²) < 4.78 is 0. The first-order chi connectivity index (χ1) is 12.7. The van der Waals surface area contributed by atoms with E-state index in [1.54, 1.807) is 6.08 Å². The van der Waals surface area contributed by atoms with Gasteiger partial charge in [0.25, 0.3) is 5.91 Å². The van der Waals surface area contributed by atoms with Gasteiger partial charge >= 0.3 is 0 Å². The zero-order valence-electron chi connectivity index (χ0n) is 15.6. The van der Waals surface area contributed by atoms with Gasteiger partial charge in [0.15, 0.2) is 5.78 Å². The number of nitrogens with one attached hydrogen (secondary N) is 1. The molecule has 1 fully saturated rings. The van der Waals surface area contributed by atoms with Gasteiger partial charge in [-0.1, -0.05) is 50.1 Å². The number of hydrogen-bond donors (Lipinski definition) is 4. The van der Waals surface area contributed by atoms with Crippen LogP contribution in [-0.4, -0.2) is 33.1 Å². The number of Topliss-reactive ketones (excluding diaryl/α,β-unsaturated/α-hetero) is 1. The fourth-order valence-electron chi connectivity index (χ4n) is 2.79. The Bertz CT molecular complexity index is 804. The molecule has 0 radical (unpaired) electrons. The van der Waals surface area contributed by atoms with E-state index in [4.69, 9.17) is 0 Å². The number of rotatable bonds is 6. The van der Waals surface area contributed by atoms with Crippen LogP contribution in [0.3, 0.4) is 0 Å². The summed E-state index contributed by atoms with van der Waals surface area (Å²) in [5.41, 5.74) is 0.906. The average molecular weight is 371 g/mol. The SMILES string of the molecule is CCC(C)C=C(C)C=CC(O)=C1C(=O)NC(C(O)c2ccc(O)cc2)C1=O. The van der Waals surface area contributed by atoms with E-state index in [-0.39, 0.29) is 11.3 Å². The summed E-state index contributed by atoms with van der Waals surface area (Å²) in [5, 5.41) is 32.3. The van der Waals surface area contributed by atoms with Gasteiger partial charge in [-0.15, -0.1) is 0 Å². The molecule has 1 heterocycles. The van der Waals surface area contributed by atoms with E-state index in [1.807, 2.05) is 13.0 Å². The number of carbonyl (C=O) groups is 2. The summed E-state index contributed by atoms with van der Waals surface area (Å²) >= 11 is 0. The van der Waals surface area contributed by atoms with Crippen LogP contribution in [0.1, 0.15) is 38.9 Å². The highest BCUT2D eigenvalue weighted by molar-refractivity contribution is 6.27. The lowest BCUT2D eigenvalue weighted by molar-refractivity contribution is -0.118. The van der Waals surface area contributed by atoms with Gasteiger partial charge in [-0.05, 0) is 36.6 Å². The minimum atomic E-state index is -1.29. The lowest BCUT2D eigenvalue weighted by atomic mass is 9.98. The maximum atomic E-state index is 12.5. The number of aliphatic hydroxyl groups is 2. The molecule has 0 saturated carbocycles. The van der Waals surface area contributed by atoms with Crippen molar-refractivity contribution in [2.45, 2.75) is 39.3 Å². The predicted octanol–water partition coefficient (Wildman–Crippen LogP) is 2.85. The molecule has 3 unspecified atom stereocenters. The number of phenolic OH excluding ortho intramolecular Hbond substituents is 1. The van der Waals surface area contributed by atoms with E-state index in [1.165, 1.54) is 30.3 Å². The molecule has 0 bridgehead atoms. The summed E-state index contributed by atoms with van der Waals surface area (Å²) in [6.45, 7) is 6.01.